The van der Waals surface area contributed by atoms with Gasteiger partial charge < -0.3 is 4.52 Å². The van der Waals surface area contributed by atoms with E-state index in [2.05, 4.69) is 23.2 Å². The molecule has 0 aromatic carbocycles. The minimum absolute atomic E-state index is 0.137. The molecule has 0 amide bonds. The van der Waals surface area contributed by atoms with Gasteiger partial charge in [-0.25, -0.2) is 9.34 Å². The van der Waals surface area contributed by atoms with Crippen molar-refractivity contribution in [3.63, 3.8) is 0 Å². The third kappa shape index (κ3) is 2.76. The van der Waals surface area contributed by atoms with Gasteiger partial charge in [0.2, 0.25) is 0 Å². The van der Waals surface area contributed by atoms with Crippen LogP contribution in [0.25, 0.3) is 0 Å². The average molecular weight is 419 g/mol. The molecule has 6 aliphatic rings. The molecule has 4 aliphatic carbocycles. The Kier molecular flexibility index (Phi) is 4.16. The van der Waals surface area contributed by atoms with Gasteiger partial charge >= 0.3 is 7.67 Å². The first-order valence-electron chi connectivity index (χ1n) is 11.9. The maximum atomic E-state index is 13.7. The summed E-state index contributed by atoms with van der Waals surface area (Å²) < 4.78 is 24.4. The average Bonchev–Trinajstić information content (AvgIpc) is 3.59. The Balaban J connectivity index is 1.26. The van der Waals surface area contributed by atoms with Gasteiger partial charge in [0.05, 0.1) is 6.10 Å². The van der Waals surface area contributed by atoms with E-state index in [0.29, 0.717) is 17.6 Å². The van der Waals surface area contributed by atoms with Crippen molar-refractivity contribution >= 4 is 13.5 Å². The van der Waals surface area contributed by atoms with Crippen LogP contribution in [0, 0.1) is 28.6 Å². The molecule has 0 aromatic heterocycles. The van der Waals surface area contributed by atoms with Crippen molar-refractivity contribution in [3.05, 3.63) is 11.6 Å². The van der Waals surface area contributed by atoms with E-state index < -0.39 is 7.67 Å². The van der Waals surface area contributed by atoms with Crippen molar-refractivity contribution in [1.29, 1.82) is 0 Å². The molecule has 160 valence electrons. The third-order valence-electron chi connectivity index (χ3n) is 9.70. The highest BCUT2D eigenvalue weighted by Crippen LogP contribution is 2.69. The first-order valence-corrected chi connectivity index (χ1v) is 13.4. The summed E-state index contributed by atoms with van der Waals surface area (Å²) in [6.45, 7) is 8.60. The lowest BCUT2D eigenvalue weighted by atomic mass is 9.47. The highest BCUT2D eigenvalue weighted by Gasteiger charge is 2.61. The van der Waals surface area contributed by atoms with Gasteiger partial charge in [-0.1, -0.05) is 19.4 Å². The van der Waals surface area contributed by atoms with E-state index in [9.17, 15) is 9.36 Å². The zero-order valence-electron chi connectivity index (χ0n) is 17.9. The van der Waals surface area contributed by atoms with Crippen LogP contribution in [0.5, 0.6) is 0 Å². The summed E-state index contributed by atoms with van der Waals surface area (Å²) in [5.74, 6) is 2.46. The number of rotatable bonds is 4. The smallest absolute Gasteiger partial charge is 0.302 e. The highest BCUT2D eigenvalue weighted by atomic mass is 31.2. The number of carbonyl (C=O) groups excluding carboxylic acids is 1. The SMILES string of the molecule is C[C@]12CC[C@@H]3[C@H](CCC4=CC(=O)CC[C@@]43C)[C@H]1CC[C@@H]2OP(=O)(N1CC1)N1CC1. The van der Waals surface area contributed by atoms with Gasteiger partial charge in [0.1, 0.15) is 0 Å². The molecule has 2 heterocycles. The number of ketones is 1. The Labute approximate surface area is 174 Å². The number of allylic oxidation sites excluding steroid dienone is 1. The molecule has 2 saturated heterocycles. The first-order chi connectivity index (χ1) is 13.8. The molecule has 6 rings (SSSR count). The van der Waals surface area contributed by atoms with Crippen LogP contribution < -0.4 is 0 Å². The maximum Gasteiger partial charge on any atom is 0.346 e. The summed E-state index contributed by atoms with van der Waals surface area (Å²) in [6.07, 6.45) is 10.9. The second-order valence-corrected chi connectivity index (χ2v) is 13.4. The predicted octanol–water partition coefficient (Wildman–Crippen LogP) is 4.64. The maximum absolute atomic E-state index is 13.7. The molecule has 5 nitrogen and oxygen atoms in total. The summed E-state index contributed by atoms with van der Waals surface area (Å²) in [4.78, 5) is 12.0. The van der Waals surface area contributed by atoms with Crippen molar-refractivity contribution in [2.75, 3.05) is 26.2 Å². The standard InChI is InChI=1S/C23H35N2O3P/c1-22-9-7-17(26)15-16(22)3-4-18-19-5-6-21(23(19,2)10-8-20(18)22)28-29(27,24-11-12-24)25-13-14-25/h15,18-21H,3-14H2,1-2H3/t18-,19-,20-,21+,22+,23+/m1/s1. The summed E-state index contributed by atoms with van der Waals surface area (Å²) >= 11 is 0. The number of hydrogen-bond donors (Lipinski definition) is 0. The van der Waals surface area contributed by atoms with Crippen molar-refractivity contribution in [1.82, 2.24) is 9.34 Å². The van der Waals surface area contributed by atoms with Crippen LogP contribution in [0.15, 0.2) is 11.6 Å². The zero-order valence-corrected chi connectivity index (χ0v) is 18.8. The van der Waals surface area contributed by atoms with E-state index in [1.54, 1.807) is 0 Å². The summed E-state index contributed by atoms with van der Waals surface area (Å²) in [5, 5.41) is 0. The Bertz CT molecular complexity index is 803. The van der Waals surface area contributed by atoms with E-state index in [-0.39, 0.29) is 16.9 Å². The molecule has 6 heteroatoms. The second kappa shape index (κ2) is 6.28. The van der Waals surface area contributed by atoms with Gasteiger partial charge in [-0.2, -0.15) is 0 Å². The van der Waals surface area contributed by atoms with Crippen molar-refractivity contribution in [3.8, 4) is 0 Å². The first kappa shape index (κ1) is 19.2. The fraction of sp³-hybridized carbons (Fsp3) is 0.870. The molecule has 3 saturated carbocycles. The predicted molar refractivity (Wildman–Crippen MR) is 112 cm³/mol. The Morgan fingerprint density at radius 3 is 2.38 bits per heavy atom. The van der Waals surface area contributed by atoms with Crippen LogP contribution in [0.3, 0.4) is 0 Å². The summed E-state index contributed by atoms with van der Waals surface area (Å²) in [7, 11) is -2.76. The molecule has 0 spiro atoms. The normalized spacial score (nSPS) is 47.2. The molecular formula is C23H35N2O3P. The number of hydrogen-bond acceptors (Lipinski definition) is 3. The molecule has 0 N–H and O–H groups in total. The molecule has 2 aliphatic heterocycles. The molecule has 5 fully saturated rings. The van der Waals surface area contributed by atoms with Gasteiger partial charge in [-0.05, 0) is 79.6 Å². The minimum atomic E-state index is -2.76. The highest BCUT2D eigenvalue weighted by molar-refractivity contribution is 7.54. The largest absolute Gasteiger partial charge is 0.346 e. The van der Waals surface area contributed by atoms with E-state index in [1.165, 1.54) is 31.3 Å². The van der Waals surface area contributed by atoms with Gasteiger partial charge in [0.15, 0.2) is 5.78 Å². The summed E-state index contributed by atoms with van der Waals surface area (Å²) in [6, 6.07) is 0. The van der Waals surface area contributed by atoms with Gasteiger partial charge in [0, 0.05) is 32.6 Å². The fourth-order valence-corrected chi connectivity index (χ4v) is 10.2. The topological polar surface area (TPSA) is 49.4 Å². The van der Waals surface area contributed by atoms with Crippen LogP contribution in [0.2, 0.25) is 0 Å². The van der Waals surface area contributed by atoms with Gasteiger partial charge in [-0.3, -0.25) is 9.36 Å². The van der Waals surface area contributed by atoms with Crippen LogP contribution >= 0.6 is 7.67 Å². The lowest BCUT2D eigenvalue weighted by molar-refractivity contribution is -0.117. The van der Waals surface area contributed by atoms with Crippen molar-refractivity contribution in [2.45, 2.75) is 71.3 Å². The van der Waals surface area contributed by atoms with E-state index in [0.717, 1.165) is 57.8 Å². The van der Waals surface area contributed by atoms with Gasteiger partial charge in [0.25, 0.3) is 0 Å². The molecule has 6 atom stereocenters. The molecule has 0 aromatic rings. The molecule has 0 unspecified atom stereocenters. The van der Waals surface area contributed by atoms with Crippen molar-refractivity contribution < 1.29 is 13.9 Å². The lowest BCUT2D eigenvalue weighted by Gasteiger charge is -2.58. The zero-order chi connectivity index (χ0) is 20.0. The molecule has 0 bridgehead atoms. The van der Waals surface area contributed by atoms with E-state index in [4.69, 9.17) is 4.52 Å². The molecular weight excluding hydrogens is 383 g/mol. The quantitative estimate of drug-likeness (QED) is 0.492. The monoisotopic (exact) mass is 418 g/mol. The van der Waals surface area contributed by atoms with E-state index >= 15 is 0 Å². The Morgan fingerprint density at radius 1 is 0.966 bits per heavy atom. The number of nitrogens with zero attached hydrogens (tertiary/aromatic N) is 2. The Morgan fingerprint density at radius 2 is 1.69 bits per heavy atom. The Hall–Kier alpha value is -0.480. The van der Waals surface area contributed by atoms with Crippen LogP contribution in [-0.4, -0.2) is 47.4 Å². The third-order valence-corrected chi connectivity index (χ3v) is 12.5. The summed E-state index contributed by atoms with van der Waals surface area (Å²) in [5.41, 5.74) is 1.83. The number of fused-ring (bicyclic) bond motifs is 5. The van der Waals surface area contributed by atoms with Crippen molar-refractivity contribution in [2.24, 2.45) is 28.6 Å². The lowest BCUT2D eigenvalue weighted by Crippen LogP contribution is -2.51. The van der Waals surface area contributed by atoms with Crippen LogP contribution in [0.1, 0.15) is 65.2 Å². The second-order valence-electron chi connectivity index (χ2n) is 11.1. The van der Waals surface area contributed by atoms with Crippen LogP contribution in [-0.2, 0) is 13.9 Å². The fourth-order valence-electron chi connectivity index (χ4n) is 7.76. The van der Waals surface area contributed by atoms with E-state index in [1.807, 2.05) is 6.08 Å². The van der Waals surface area contributed by atoms with Gasteiger partial charge in [-0.15, -0.1) is 0 Å². The number of carbonyl (C=O) groups is 1. The molecule has 29 heavy (non-hydrogen) atoms. The molecule has 0 radical (unpaired) electrons. The minimum Gasteiger partial charge on any atom is -0.302 e. The van der Waals surface area contributed by atoms with Crippen LogP contribution in [0.4, 0.5) is 0 Å².